The van der Waals surface area contributed by atoms with Crippen molar-refractivity contribution in [3.8, 4) is 11.5 Å². The SMILES string of the molecule is CCOC(=O)Nc1cc2c(cc1NC=O)OCO2. The van der Waals surface area contributed by atoms with Crippen LogP contribution in [0, 0.1) is 0 Å². The molecule has 0 bridgehead atoms. The first-order valence-corrected chi connectivity index (χ1v) is 5.32. The zero-order valence-electron chi connectivity index (χ0n) is 9.69. The number of carbonyl (C=O) groups is 2. The van der Waals surface area contributed by atoms with Crippen LogP contribution in [0.1, 0.15) is 6.92 Å². The van der Waals surface area contributed by atoms with E-state index in [1.807, 2.05) is 0 Å². The molecule has 0 atom stereocenters. The van der Waals surface area contributed by atoms with E-state index < -0.39 is 6.09 Å². The number of anilines is 2. The number of fused-ring (bicyclic) bond motifs is 1. The van der Waals surface area contributed by atoms with Crippen LogP contribution in [-0.2, 0) is 9.53 Å². The Morgan fingerprint density at radius 1 is 1.39 bits per heavy atom. The van der Waals surface area contributed by atoms with Gasteiger partial charge in [0.2, 0.25) is 13.2 Å². The van der Waals surface area contributed by atoms with Crippen molar-refractivity contribution in [2.24, 2.45) is 0 Å². The van der Waals surface area contributed by atoms with Crippen molar-refractivity contribution in [3.63, 3.8) is 0 Å². The number of ether oxygens (including phenoxy) is 3. The molecule has 7 nitrogen and oxygen atoms in total. The van der Waals surface area contributed by atoms with Gasteiger partial charge >= 0.3 is 6.09 Å². The van der Waals surface area contributed by atoms with Crippen molar-refractivity contribution in [1.29, 1.82) is 0 Å². The van der Waals surface area contributed by atoms with Crippen LogP contribution in [0.3, 0.4) is 0 Å². The third kappa shape index (κ3) is 2.45. The Morgan fingerprint density at radius 3 is 2.67 bits per heavy atom. The number of carbonyl (C=O) groups excluding carboxylic acids is 2. The zero-order chi connectivity index (χ0) is 13.0. The summed E-state index contributed by atoms with van der Waals surface area (Å²) in [6.07, 6.45) is -0.0984. The Labute approximate surface area is 103 Å². The largest absolute Gasteiger partial charge is 0.454 e. The average molecular weight is 252 g/mol. The summed E-state index contributed by atoms with van der Waals surface area (Å²) >= 11 is 0. The molecule has 0 spiro atoms. The zero-order valence-corrected chi connectivity index (χ0v) is 9.69. The third-order valence-electron chi connectivity index (χ3n) is 2.24. The fourth-order valence-electron chi connectivity index (χ4n) is 1.51. The Hall–Kier alpha value is -2.44. The minimum Gasteiger partial charge on any atom is -0.454 e. The maximum Gasteiger partial charge on any atom is 0.411 e. The molecule has 0 aliphatic carbocycles. The van der Waals surface area contributed by atoms with Crippen LogP contribution < -0.4 is 20.1 Å². The summed E-state index contributed by atoms with van der Waals surface area (Å²) in [7, 11) is 0. The van der Waals surface area contributed by atoms with E-state index in [0.717, 1.165) is 0 Å². The highest BCUT2D eigenvalue weighted by Crippen LogP contribution is 2.39. The molecule has 0 saturated heterocycles. The van der Waals surface area contributed by atoms with Gasteiger partial charge in [-0.2, -0.15) is 0 Å². The Kier molecular flexibility index (Phi) is 3.52. The lowest BCUT2D eigenvalue weighted by molar-refractivity contribution is -0.105. The monoisotopic (exact) mass is 252 g/mol. The summed E-state index contributed by atoms with van der Waals surface area (Å²) < 4.78 is 15.1. The minimum absolute atomic E-state index is 0.110. The molecular formula is C11H12N2O5. The van der Waals surface area contributed by atoms with Crippen molar-refractivity contribution in [2.45, 2.75) is 6.92 Å². The van der Waals surface area contributed by atoms with E-state index in [2.05, 4.69) is 10.6 Å². The number of hydrogen-bond donors (Lipinski definition) is 2. The third-order valence-corrected chi connectivity index (χ3v) is 2.24. The Bertz CT molecular complexity index is 475. The van der Waals surface area contributed by atoms with Gasteiger partial charge in [0, 0.05) is 12.1 Å². The molecule has 2 N–H and O–H groups in total. The van der Waals surface area contributed by atoms with Crippen LogP contribution in [0.4, 0.5) is 16.2 Å². The molecule has 1 aromatic carbocycles. The van der Waals surface area contributed by atoms with E-state index in [9.17, 15) is 9.59 Å². The molecule has 1 aliphatic heterocycles. The van der Waals surface area contributed by atoms with Gasteiger partial charge in [0.15, 0.2) is 11.5 Å². The maximum absolute atomic E-state index is 11.3. The summed E-state index contributed by atoms with van der Waals surface area (Å²) in [5, 5.41) is 4.97. The lowest BCUT2D eigenvalue weighted by atomic mass is 10.2. The van der Waals surface area contributed by atoms with E-state index in [4.69, 9.17) is 14.2 Å². The average Bonchev–Trinajstić information content (AvgIpc) is 2.77. The molecule has 1 aromatic rings. The van der Waals surface area contributed by atoms with Gasteiger partial charge in [-0.05, 0) is 6.92 Å². The second-order valence-electron chi connectivity index (χ2n) is 3.36. The van der Waals surface area contributed by atoms with Gasteiger partial charge in [0.1, 0.15) is 0 Å². The van der Waals surface area contributed by atoms with Gasteiger partial charge in [-0.1, -0.05) is 0 Å². The second kappa shape index (κ2) is 5.26. The first-order valence-electron chi connectivity index (χ1n) is 5.32. The van der Waals surface area contributed by atoms with E-state index in [1.54, 1.807) is 19.1 Å². The lowest BCUT2D eigenvalue weighted by Gasteiger charge is -2.11. The van der Waals surface area contributed by atoms with Crippen LogP contribution in [0.25, 0.3) is 0 Å². The quantitative estimate of drug-likeness (QED) is 0.794. The van der Waals surface area contributed by atoms with Crippen LogP contribution in [0.15, 0.2) is 12.1 Å². The maximum atomic E-state index is 11.3. The lowest BCUT2D eigenvalue weighted by Crippen LogP contribution is -2.14. The molecule has 0 aromatic heterocycles. The summed E-state index contributed by atoms with van der Waals surface area (Å²) in [5.41, 5.74) is 0.784. The van der Waals surface area contributed by atoms with Crippen molar-refractivity contribution < 1.29 is 23.8 Å². The summed E-state index contributed by atoms with van der Waals surface area (Å²) in [5.74, 6) is 1.01. The van der Waals surface area contributed by atoms with Gasteiger partial charge in [0.05, 0.1) is 18.0 Å². The summed E-state index contributed by atoms with van der Waals surface area (Å²) in [4.78, 5) is 21.9. The van der Waals surface area contributed by atoms with E-state index in [1.165, 1.54) is 0 Å². The highest BCUT2D eigenvalue weighted by Gasteiger charge is 2.18. The molecule has 0 radical (unpaired) electrons. The van der Waals surface area contributed by atoms with Gasteiger partial charge in [-0.3, -0.25) is 10.1 Å². The number of benzene rings is 1. The van der Waals surface area contributed by atoms with Crippen molar-refractivity contribution in [1.82, 2.24) is 0 Å². The van der Waals surface area contributed by atoms with Crippen LogP contribution >= 0.6 is 0 Å². The predicted molar refractivity (Wildman–Crippen MR) is 62.9 cm³/mol. The molecule has 96 valence electrons. The van der Waals surface area contributed by atoms with E-state index in [-0.39, 0.29) is 13.4 Å². The predicted octanol–water partition coefficient (Wildman–Crippen LogP) is 1.55. The fourth-order valence-corrected chi connectivity index (χ4v) is 1.51. The van der Waals surface area contributed by atoms with Crippen molar-refractivity contribution in [3.05, 3.63) is 12.1 Å². The van der Waals surface area contributed by atoms with Crippen molar-refractivity contribution in [2.75, 3.05) is 24.0 Å². The second-order valence-corrected chi connectivity index (χ2v) is 3.36. The molecule has 1 aliphatic rings. The van der Waals surface area contributed by atoms with Gasteiger partial charge in [0.25, 0.3) is 0 Å². The van der Waals surface area contributed by atoms with E-state index in [0.29, 0.717) is 29.3 Å². The van der Waals surface area contributed by atoms with Gasteiger partial charge < -0.3 is 19.5 Å². The number of rotatable bonds is 4. The fraction of sp³-hybridized carbons (Fsp3) is 0.273. The van der Waals surface area contributed by atoms with Gasteiger partial charge in [-0.25, -0.2) is 4.79 Å². The standard InChI is InChI=1S/C11H12N2O5/c1-2-16-11(15)13-8-4-10-9(17-6-18-10)3-7(8)12-5-14/h3-5H,2,6H2,1H3,(H,12,14)(H,13,15). The molecule has 0 saturated carbocycles. The number of nitrogens with one attached hydrogen (secondary N) is 2. The molecule has 0 fully saturated rings. The van der Waals surface area contributed by atoms with Crippen molar-refractivity contribution >= 4 is 23.9 Å². The molecular weight excluding hydrogens is 240 g/mol. The molecule has 18 heavy (non-hydrogen) atoms. The first kappa shape index (κ1) is 12.0. The molecule has 7 heteroatoms. The van der Waals surface area contributed by atoms with Gasteiger partial charge in [-0.15, -0.1) is 0 Å². The molecule has 2 rings (SSSR count). The highest BCUT2D eigenvalue weighted by atomic mass is 16.7. The van der Waals surface area contributed by atoms with Crippen LogP contribution in [-0.4, -0.2) is 25.9 Å². The van der Waals surface area contributed by atoms with Crippen LogP contribution in [0.5, 0.6) is 11.5 Å². The first-order chi connectivity index (χ1) is 8.74. The smallest absolute Gasteiger partial charge is 0.411 e. The molecule has 1 heterocycles. The summed E-state index contributed by atoms with van der Waals surface area (Å²) in [6.45, 7) is 2.06. The topological polar surface area (TPSA) is 85.9 Å². The van der Waals surface area contributed by atoms with E-state index >= 15 is 0 Å². The van der Waals surface area contributed by atoms with Crippen LogP contribution in [0.2, 0.25) is 0 Å². The number of hydrogen-bond acceptors (Lipinski definition) is 5. The Balaban J connectivity index is 2.26. The minimum atomic E-state index is -0.606. The molecule has 2 amide bonds. The number of amides is 2. The highest BCUT2D eigenvalue weighted by molar-refractivity contribution is 5.93. The Morgan fingerprint density at radius 2 is 2.06 bits per heavy atom. The normalized spacial score (nSPS) is 11.8. The summed E-state index contributed by atoms with van der Waals surface area (Å²) in [6, 6.07) is 3.13. The molecule has 0 unspecified atom stereocenters.